The van der Waals surface area contributed by atoms with E-state index in [4.69, 9.17) is 0 Å². The van der Waals surface area contributed by atoms with Crippen LogP contribution in [0.25, 0.3) is 0 Å². The summed E-state index contributed by atoms with van der Waals surface area (Å²) in [6, 6.07) is 0. The van der Waals surface area contributed by atoms with Crippen molar-refractivity contribution in [1.29, 1.82) is 0 Å². The smallest absolute Gasteiger partial charge is 0.0267 e. The van der Waals surface area contributed by atoms with E-state index in [0.29, 0.717) is 0 Å². The van der Waals surface area contributed by atoms with E-state index in [2.05, 4.69) is 18.8 Å². The molecule has 0 heterocycles. The Hall–Kier alpha value is -0.850. The standard InChI is InChI=1S/C9H15N/c1-4-7-10-8-6-9(3)5-2/h4,6-8H,5H2,1-3H3/b7-4-,9-6+,10-8+. The molecule has 0 aromatic carbocycles. The van der Waals surface area contributed by atoms with Crippen LogP contribution in [0.2, 0.25) is 0 Å². The maximum absolute atomic E-state index is 4.00. The van der Waals surface area contributed by atoms with E-state index in [9.17, 15) is 0 Å². The van der Waals surface area contributed by atoms with Crippen molar-refractivity contribution < 1.29 is 0 Å². The summed E-state index contributed by atoms with van der Waals surface area (Å²) < 4.78 is 0. The molecule has 0 saturated heterocycles. The van der Waals surface area contributed by atoms with Gasteiger partial charge in [0.15, 0.2) is 0 Å². The van der Waals surface area contributed by atoms with Gasteiger partial charge in [-0.1, -0.05) is 18.6 Å². The molecule has 10 heavy (non-hydrogen) atoms. The second kappa shape index (κ2) is 6.27. The lowest BCUT2D eigenvalue weighted by molar-refractivity contribution is 1.10. The highest BCUT2D eigenvalue weighted by atomic mass is 14.6. The van der Waals surface area contributed by atoms with Crippen molar-refractivity contribution in [1.82, 2.24) is 0 Å². The van der Waals surface area contributed by atoms with Gasteiger partial charge in [0.1, 0.15) is 0 Å². The van der Waals surface area contributed by atoms with Gasteiger partial charge in [0, 0.05) is 12.4 Å². The quantitative estimate of drug-likeness (QED) is 0.530. The number of nitrogens with zero attached hydrogens (tertiary/aromatic N) is 1. The molecule has 0 aromatic rings. The second-order valence-electron chi connectivity index (χ2n) is 2.15. The van der Waals surface area contributed by atoms with Crippen LogP contribution < -0.4 is 0 Å². The first-order valence-electron chi connectivity index (χ1n) is 3.61. The molecule has 0 saturated carbocycles. The molecule has 56 valence electrons. The largest absolute Gasteiger partial charge is 0.265 e. The third-order valence-corrected chi connectivity index (χ3v) is 1.24. The van der Waals surface area contributed by atoms with E-state index < -0.39 is 0 Å². The molecule has 0 aliphatic heterocycles. The third kappa shape index (κ3) is 5.29. The SMILES string of the molecule is C\C=C/N=C/C=C(\C)CC. The molecule has 0 aromatic heterocycles. The first-order valence-corrected chi connectivity index (χ1v) is 3.61. The van der Waals surface area contributed by atoms with Crippen LogP contribution in [-0.4, -0.2) is 6.21 Å². The number of aliphatic imine (C=N–C) groups is 1. The van der Waals surface area contributed by atoms with Crippen LogP contribution >= 0.6 is 0 Å². The van der Waals surface area contributed by atoms with E-state index in [0.717, 1.165) is 6.42 Å². The normalized spacial score (nSPS) is 13.7. The van der Waals surface area contributed by atoms with Crippen molar-refractivity contribution in [3.05, 3.63) is 23.9 Å². The van der Waals surface area contributed by atoms with E-state index in [1.165, 1.54) is 5.57 Å². The molecule has 0 spiro atoms. The minimum absolute atomic E-state index is 1.10. The fourth-order valence-corrected chi connectivity index (χ4v) is 0.424. The summed E-state index contributed by atoms with van der Waals surface area (Å²) >= 11 is 0. The molecule has 0 radical (unpaired) electrons. The summed E-state index contributed by atoms with van der Waals surface area (Å²) in [5, 5.41) is 0. The molecule has 0 atom stereocenters. The zero-order valence-electron chi connectivity index (χ0n) is 6.96. The molecule has 1 nitrogen and oxygen atoms in total. The molecule has 0 aliphatic carbocycles. The van der Waals surface area contributed by atoms with Crippen molar-refractivity contribution >= 4 is 6.21 Å². The van der Waals surface area contributed by atoms with Crippen LogP contribution in [0, 0.1) is 0 Å². The summed E-state index contributed by atoms with van der Waals surface area (Å²) in [5.41, 5.74) is 1.35. The molecule has 0 fully saturated rings. The first-order chi connectivity index (χ1) is 4.81. The highest BCUT2D eigenvalue weighted by molar-refractivity contribution is 5.72. The van der Waals surface area contributed by atoms with Gasteiger partial charge in [0.05, 0.1) is 0 Å². The van der Waals surface area contributed by atoms with Gasteiger partial charge in [0.2, 0.25) is 0 Å². The molecule has 0 N–H and O–H groups in total. The van der Waals surface area contributed by atoms with Gasteiger partial charge in [-0.3, -0.25) is 4.99 Å². The predicted octanol–water partition coefficient (Wildman–Crippen LogP) is 2.95. The molecule has 0 aliphatic rings. The molecule has 0 bridgehead atoms. The van der Waals surface area contributed by atoms with Gasteiger partial charge in [-0.05, 0) is 26.3 Å². The Labute approximate surface area is 63.2 Å². The molecule has 0 rings (SSSR count). The lowest BCUT2D eigenvalue weighted by atomic mass is 10.2. The fourth-order valence-electron chi connectivity index (χ4n) is 0.424. The molecular formula is C9H15N. The third-order valence-electron chi connectivity index (χ3n) is 1.24. The van der Waals surface area contributed by atoms with Crippen LogP contribution in [0.1, 0.15) is 27.2 Å². The first kappa shape index (κ1) is 9.15. The van der Waals surface area contributed by atoms with Crippen LogP contribution in [0.4, 0.5) is 0 Å². The van der Waals surface area contributed by atoms with Crippen LogP contribution in [0.5, 0.6) is 0 Å². The van der Waals surface area contributed by atoms with E-state index in [1.54, 1.807) is 6.20 Å². The highest BCUT2D eigenvalue weighted by Gasteiger charge is 1.76. The minimum Gasteiger partial charge on any atom is -0.265 e. The van der Waals surface area contributed by atoms with Crippen molar-refractivity contribution in [2.24, 2.45) is 4.99 Å². The molecule has 1 heteroatoms. The van der Waals surface area contributed by atoms with Gasteiger partial charge in [-0.15, -0.1) is 0 Å². The number of hydrogen-bond acceptors (Lipinski definition) is 1. The van der Waals surface area contributed by atoms with Gasteiger partial charge in [-0.25, -0.2) is 0 Å². The van der Waals surface area contributed by atoms with Crippen molar-refractivity contribution in [2.45, 2.75) is 27.2 Å². The van der Waals surface area contributed by atoms with Crippen LogP contribution in [0.3, 0.4) is 0 Å². The topological polar surface area (TPSA) is 12.4 Å². The Balaban J connectivity index is 3.70. The zero-order valence-corrected chi connectivity index (χ0v) is 6.96. The number of hydrogen-bond donors (Lipinski definition) is 0. The van der Waals surface area contributed by atoms with Crippen molar-refractivity contribution in [3.8, 4) is 0 Å². The fraction of sp³-hybridized carbons (Fsp3) is 0.444. The average molecular weight is 137 g/mol. The maximum Gasteiger partial charge on any atom is 0.0267 e. The molecule has 0 amide bonds. The minimum atomic E-state index is 1.10. The Bertz CT molecular complexity index is 152. The number of allylic oxidation sites excluding steroid dienone is 3. The summed E-state index contributed by atoms with van der Waals surface area (Å²) in [7, 11) is 0. The van der Waals surface area contributed by atoms with Gasteiger partial charge in [-0.2, -0.15) is 0 Å². The second-order valence-corrected chi connectivity index (χ2v) is 2.15. The van der Waals surface area contributed by atoms with Crippen molar-refractivity contribution in [3.63, 3.8) is 0 Å². The Kier molecular flexibility index (Phi) is 5.74. The van der Waals surface area contributed by atoms with Gasteiger partial charge < -0.3 is 0 Å². The molecule has 0 unspecified atom stereocenters. The van der Waals surface area contributed by atoms with E-state index >= 15 is 0 Å². The Morgan fingerprint density at radius 3 is 2.70 bits per heavy atom. The van der Waals surface area contributed by atoms with Crippen molar-refractivity contribution in [2.75, 3.05) is 0 Å². The van der Waals surface area contributed by atoms with E-state index in [-0.39, 0.29) is 0 Å². The Morgan fingerprint density at radius 2 is 2.20 bits per heavy atom. The van der Waals surface area contributed by atoms with Gasteiger partial charge >= 0.3 is 0 Å². The lowest BCUT2D eigenvalue weighted by Crippen LogP contribution is -1.71. The average Bonchev–Trinajstić information content (AvgIpc) is 1.98. The molecular weight excluding hydrogens is 122 g/mol. The van der Waals surface area contributed by atoms with Crippen LogP contribution in [-0.2, 0) is 0 Å². The highest BCUT2D eigenvalue weighted by Crippen LogP contribution is 1.94. The Morgan fingerprint density at radius 1 is 1.50 bits per heavy atom. The predicted molar refractivity (Wildman–Crippen MR) is 47.4 cm³/mol. The lowest BCUT2D eigenvalue weighted by Gasteiger charge is -1.86. The summed E-state index contributed by atoms with van der Waals surface area (Å²) in [6.45, 7) is 6.19. The summed E-state index contributed by atoms with van der Waals surface area (Å²) in [4.78, 5) is 4.00. The van der Waals surface area contributed by atoms with Crippen LogP contribution in [0.15, 0.2) is 28.9 Å². The summed E-state index contributed by atoms with van der Waals surface area (Å²) in [5.74, 6) is 0. The monoisotopic (exact) mass is 137 g/mol. The summed E-state index contributed by atoms with van der Waals surface area (Å²) in [6.07, 6.45) is 8.63. The van der Waals surface area contributed by atoms with E-state index in [1.807, 2.05) is 25.3 Å². The zero-order chi connectivity index (χ0) is 7.82. The van der Waals surface area contributed by atoms with Gasteiger partial charge in [0.25, 0.3) is 0 Å². The number of rotatable bonds is 3. The maximum atomic E-state index is 4.00.